The normalized spacial score (nSPS) is 20.2. The summed E-state index contributed by atoms with van der Waals surface area (Å²) in [6, 6.07) is 12.7. The molecule has 1 aliphatic carbocycles. The maximum absolute atomic E-state index is 15.8. The van der Waals surface area contributed by atoms with Crippen LogP contribution in [0.4, 0.5) is 26.3 Å². The first kappa shape index (κ1) is 26.2. The molecule has 0 saturated heterocycles. The summed E-state index contributed by atoms with van der Waals surface area (Å²) in [5.74, 6) is -16.0. The van der Waals surface area contributed by atoms with E-state index in [1.54, 1.807) is 50.2 Å². The van der Waals surface area contributed by atoms with Gasteiger partial charge in [-0.25, -0.2) is 0 Å². The summed E-state index contributed by atoms with van der Waals surface area (Å²) in [5, 5.41) is 0.376. The van der Waals surface area contributed by atoms with Crippen molar-refractivity contribution in [1.82, 2.24) is 0 Å². The molecule has 37 heavy (non-hydrogen) atoms. The van der Waals surface area contributed by atoms with Gasteiger partial charge in [0, 0.05) is 66.4 Å². The van der Waals surface area contributed by atoms with E-state index in [-0.39, 0.29) is 31.7 Å². The van der Waals surface area contributed by atoms with Gasteiger partial charge in [0.1, 0.15) is 0 Å². The molecule has 0 aliphatic heterocycles. The lowest BCUT2D eigenvalue weighted by Crippen LogP contribution is -2.49. The van der Waals surface area contributed by atoms with Crippen LogP contribution in [0, 0.1) is 0 Å². The van der Waals surface area contributed by atoms with Crippen LogP contribution < -0.4 is 0 Å². The Bertz CT molecular complexity index is 1420. The number of hydrogen-bond donors (Lipinski definition) is 0. The Labute approximate surface area is 217 Å². The van der Waals surface area contributed by atoms with Gasteiger partial charge in [0.05, 0.1) is 12.2 Å². The molecule has 5 rings (SSSR count). The monoisotopic (exact) mass is 556 g/mol. The van der Waals surface area contributed by atoms with Gasteiger partial charge in [-0.2, -0.15) is 26.3 Å². The number of methoxy groups -OCH3 is 2. The minimum atomic E-state index is -5.67. The van der Waals surface area contributed by atoms with Crippen LogP contribution >= 0.6 is 22.7 Å². The van der Waals surface area contributed by atoms with Gasteiger partial charge in [-0.1, -0.05) is 36.4 Å². The second kappa shape index (κ2) is 8.83. The highest BCUT2D eigenvalue weighted by atomic mass is 32.1. The summed E-state index contributed by atoms with van der Waals surface area (Å²) in [7, 11) is 2.68. The molecular weight excluding hydrogens is 534 g/mol. The molecule has 2 heterocycles. The number of hydrogen-bond acceptors (Lipinski definition) is 4. The largest absolute Gasteiger partial charge is 0.380 e. The molecule has 4 aromatic rings. The molecule has 0 radical (unpaired) electrons. The second-order valence-electron chi connectivity index (χ2n) is 8.90. The van der Waals surface area contributed by atoms with E-state index in [1.807, 2.05) is 0 Å². The van der Waals surface area contributed by atoms with E-state index in [0.717, 1.165) is 22.7 Å². The molecule has 0 fully saturated rings. The molecule has 2 nitrogen and oxygen atoms in total. The van der Waals surface area contributed by atoms with Gasteiger partial charge in [0.25, 0.3) is 0 Å². The van der Waals surface area contributed by atoms with Crippen molar-refractivity contribution in [3.63, 3.8) is 0 Å². The predicted molar refractivity (Wildman–Crippen MR) is 136 cm³/mol. The molecule has 0 bridgehead atoms. The third-order valence-corrected chi connectivity index (χ3v) is 9.52. The number of benzene rings is 2. The van der Waals surface area contributed by atoms with E-state index in [2.05, 4.69) is 0 Å². The minimum Gasteiger partial charge on any atom is -0.376 e. The topological polar surface area (TPSA) is 18.5 Å². The fourth-order valence-electron chi connectivity index (χ4n) is 4.82. The van der Waals surface area contributed by atoms with Gasteiger partial charge < -0.3 is 9.47 Å². The van der Waals surface area contributed by atoms with Gasteiger partial charge in [-0.3, -0.25) is 0 Å². The first-order valence-corrected chi connectivity index (χ1v) is 13.0. The fourth-order valence-corrected chi connectivity index (χ4v) is 7.30. The lowest BCUT2D eigenvalue weighted by Gasteiger charge is -2.26. The summed E-state index contributed by atoms with van der Waals surface area (Å²) in [6.07, 6.45) is -1.62. The van der Waals surface area contributed by atoms with Gasteiger partial charge in [0.2, 0.25) is 0 Å². The van der Waals surface area contributed by atoms with E-state index in [9.17, 15) is 0 Å². The Morgan fingerprint density at radius 1 is 0.622 bits per heavy atom. The van der Waals surface area contributed by atoms with Crippen molar-refractivity contribution < 1.29 is 35.8 Å². The predicted octanol–water partition coefficient (Wildman–Crippen LogP) is 9.36. The zero-order valence-corrected chi connectivity index (χ0v) is 21.8. The Kier molecular flexibility index (Phi) is 6.26. The molecular formula is C27H22F6O2S2. The van der Waals surface area contributed by atoms with E-state index < -0.39 is 41.1 Å². The van der Waals surface area contributed by atoms with Gasteiger partial charge in [-0.05, 0) is 26.0 Å². The van der Waals surface area contributed by atoms with Crippen molar-refractivity contribution in [2.45, 2.75) is 43.8 Å². The lowest BCUT2D eigenvalue weighted by atomic mass is 9.90. The highest BCUT2D eigenvalue weighted by Gasteiger charge is 2.80. The molecule has 10 heteroatoms. The third-order valence-electron chi connectivity index (χ3n) is 6.86. The van der Waals surface area contributed by atoms with Crippen LogP contribution in [0.25, 0.3) is 31.3 Å². The molecule has 0 N–H and O–H groups in total. The Balaban J connectivity index is 2.03. The molecule has 0 amide bonds. The summed E-state index contributed by atoms with van der Waals surface area (Å²) in [6.45, 7) is 3.13. The number of alkyl halides is 6. The van der Waals surface area contributed by atoms with Crippen molar-refractivity contribution >= 4 is 54.0 Å². The first-order valence-electron chi connectivity index (χ1n) is 11.4. The number of rotatable bonds is 6. The second-order valence-corrected chi connectivity index (χ2v) is 11.1. The van der Waals surface area contributed by atoms with E-state index >= 15 is 26.3 Å². The minimum absolute atomic E-state index is 0.172. The summed E-state index contributed by atoms with van der Waals surface area (Å²) in [4.78, 5) is 0.343. The SMILES string of the molecule is COC(C)c1sc2ccccc2c1C1=C(c2c(C(C)OC)sc3ccccc23)C(F)(F)C(F)(F)C1(F)F. The molecule has 0 spiro atoms. The smallest absolute Gasteiger partial charge is 0.376 e. The maximum atomic E-state index is 15.8. The van der Waals surface area contributed by atoms with Crippen LogP contribution in [0.1, 0.15) is 46.9 Å². The van der Waals surface area contributed by atoms with E-state index in [4.69, 9.17) is 9.47 Å². The average Bonchev–Trinajstić information content (AvgIpc) is 3.46. The number of thiophene rings is 2. The molecule has 2 atom stereocenters. The summed E-state index contributed by atoms with van der Waals surface area (Å²) >= 11 is 2.12. The zero-order valence-electron chi connectivity index (χ0n) is 20.2. The quantitative estimate of drug-likeness (QED) is 0.220. The number of halogens is 6. The molecule has 2 unspecified atom stereocenters. The van der Waals surface area contributed by atoms with Crippen LogP contribution in [0.5, 0.6) is 0 Å². The van der Waals surface area contributed by atoms with Gasteiger partial charge in [0.15, 0.2) is 0 Å². The molecule has 2 aromatic carbocycles. The first-order chi connectivity index (χ1) is 17.4. The van der Waals surface area contributed by atoms with Crippen molar-refractivity contribution in [3.8, 4) is 0 Å². The number of fused-ring (bicyclic) bond motifs is 2. The van der Waals surface area contributed by atoms with Crippen molar-refractivity contribution in [2.24, 2.45) is 0 Å². The van der Waals surface area contributed by atoms with Crippen molar-refractivity contribution in [3.05, 3.63) is 69.4 Å². The molecule has 0 saturated carbocycles. The molecule has 2 aromatic heterocycles. The lowest BCUT2D eigenvalue weighted by molar-refractivity contribution is -0.254. The maximum Gasteiger partial charge on any atom is 0.380 e. The Hall–Kier alpha value is -2.40. The van der Waals surface area contributed by atoms with Crippen molar-refractivity contribution in [2.75, 3.05) is 14.2 Å². The van der Waals surface area contributed by atoms with E-state index in [0.29, 0.717) is 9.40 Å². The molecule has 1 aliphatic rings. The average molecular weight is 557 g/mol. The number of allylic oxidation sites excluding steroid dienone is 2. The number of ether oxygens (including phenoxy) is 2. The van der Waals surface area contributed by atoms with Crippen LogP contribution in [-0.4, -0.2) is 32.0 Å². The Morgan fingerprint density at radius 2 is 0.973 bits per heavy atom. The highest BCUT2D eigenvalue weighted by molar-refractivity contribution is 7.20. The summed E-state index contributed by atoms with van der Waals surface area (Å²) in [5.41, 5.74) is -3.41. The van der Waals surface area contributed by atoms with Gasteiger partial charge >= 0.3 is 17.8 Å². The van der Waals surface area contributed by atoms with Crippen LogP contribution in [0.3, 0.4) is 0 Å². The van der Waals surface area contributed by atoms with Crippen LogP contribution in [0.2, 0.25) is 0 Å². The van der Waals surface area contributed by atoms with Crippen molar-refractivity contribution in [1.29, 1.82) is 0 Å². The van der Waals surface area contributed by atoms with Crippen LogP contribution in [-0.2, 0) is 9.47 Å². The third kappa shape index (κ3) is 3.52. The highest BCUT2D eigenvalue weighted by Crippen LogP contribution is 2.67. The zero-order chi connectivity index (χ0) is 26.9. The van der Waals surface area contributed by atoms with Crippen LogP contribution in [0.15, 0.2) is 48.5 Å². The fraction of sp³-hybridized carbons (Fsp3) is 0.333. The van der Waals surface area contributed by atoms with E-state index in [1.165, 1.54) is 26.4 Å². The summed E-state index contributed by atoms with van der Waals surface area (Å²) < 4.78 is 105. The standard InChI is InChI=1S/C27H22F6O2S2/c1-13(34-3)23-19(15-9-5-7-11-17(15)36-23)21-22(26(30,31)27(32,33)25(21,28)29)20-16-10-6-8-12-18(16)37-24(20)14(2)35-4/h5-14H,1-4H3. The molecule has 196 valence electrons. The van der Waals surface area contributed by atoms with Gasteiger partial charge in [-0.15, -0.1) is 22.7 Å². The Morgan fingerprint density at radius 3 is 1.32 bits per heavy atom.